The van der Waals surface area contributed by atoms with E-state index in [1.165, 1.54) is 36.8 Å². The first-order valence-electron chi connectivity index (χ1n) is 9.68. The zero-order valence-electron chi connectivity index (χ0n) is 17.4. The molecule has 3 aromatic rings. The lowest BCUT2D eigenvalue weighted by Gasteiger charge is -2.13. The number of ether oxygens (including phenoxy) is 2. The van der Waals surface area contributed by atoms with Crippen molar-refractivity contribution < 1.29 is 27.4 Å². The molecule has 32 heavy (non-hydrogen) atoms. The molecule has 0 aliphatic heterocycles. The molecule has 0 aliphatic carbocycles. The highest BCUT2D eigenvalue weighted by molar-refractivity contribution is 7.10. The predicted octanol–water partition coefficient (Wildman–Crippen LogP) is 5.68. The van der Waals surface area contributed by atoms with Gasteiger partial charge >= 0.3 is 6.18 Å². The molecule has 9 heteroatoms. The van der Waals surface area contributed by atoms with E-state index in [2.05, 4.69) is 10.5 Å². The van der Waals surface area contributed by atoms with Crippen LogP contribution in [0.1, 0.15) is 38.8 Å². The van der Waals surface area contributed by atoms with Crippen LogP contribution in [0.25, 0.3) is 0 Å². The third-order valence-electron chi connectivity index (χ3n) is 4.50. The van der Waals surface area contributed by atoms with E-state index in [0.717, 1.165) is 23.4 Å². The van der Waals surface area contributed by atoms with Crippen LogP contribution < -0.4 is 14.9 Å². The first kappa shape index (κ1) is 23.3. The summed E-state index contributed by atoms with van der Waals surface area (Å²) in [6, 6.07) is 11.7. The van der Waals surface area contributed by atoms with Gasteiger partial charge in [0, 0.05) is 15.8 Å². The van der Waals surface area contributed by atoms with E-state index in [1.807, 2.05) is 13.0 Å². The van der Waals surface area contributed by atoms with E-state index in [1.54, 1.807) is 23.6 Å². The summed E-state index contributed by atoms with van der Waals surface area (Å²) < 4.78 is 49.5. The Morgan fingerprint density at radius 2 is 2.00 bits per heavy atom. The highest BCUT2D eigenvalue weighted by Crippen LogP contribution is 2.31. The molecule has 0 spiro atoms. The maximum atomic E-state index is 12.9. The SMILES string of the molecule is CCc1cc(C(=O)NN=Cc2ccc(OC)c(COc3cccc(C(F)(F)F)c3)c2)cs1. The maximum Gasteiger partial charge on any atom is 0.416 e. The number of hydrogen-bond donors (Lipinski definition) is 1. The minimum Gasteiger partial charge on any atom is -0.496 e. The number of hydrazone groups is 1. The maximum absolute atomic E-state index is 12.9. The molecule has 0 unspecified atom stereocenters. The van der Waals surface area contributed by atoms with Crippen molar-refractivity contribution in [3.63, 3.8) is 0 Å². The molecule has 2 aromatic carbocycles. The first-order valence-corrected chi connectivity index (χ1v) is 10.6. The molecule has 5 nitrogen and oxygen atoms in total. The van der Waals surface area contributed by atoms with Crippen LogP contribution in [0.3, 0.4) is 0 Å². The Morgan fingerprint density at radius 1 is 1.19 bits per heavy atom. The van der Waals surface area contributed by atoms with Gasteiger partial charge in [-0.05, 0) is 54.4 Å². The van der Waals surface area contributed by atoms with E-state index in [0.29, 0.717) is 22.4 Å². The fraction of sp³-hybridized carbons (Fsp3) is 0.217. The molecule has 1 aromatic heterocycles. The van der Waals surface area contributed by atoms with Crippen molar-refractivity contribution in [2.24, 2.45) is 5.10 Å². The van der Waals surface area contributed by atoms with Crippen molar-refractivity contribution in [2.75, 3.05) is 7.11 Å². The van der Waals surface area contributed by atoms with Crippen LogP contribution in [0.4, 0.5) is 13.2 Å². The molecule has 0 bridgehead atoms. The lowest BCUT2D eigenvalue weighted by molar-refractivity contribution is -0.137. The molecule has 0 fully saturated rings. The number of nitrogens with zero attached hydrogens (tertiary/aromatic N) is 1. The van der Waals surface area contributed by atoms with Gasteiger partial charge in [0.25, 0.3) is 5.91 Å². The second-order valence-corrected chi connectivity index (χ2v) is 7.74. The van der Waals surface area contributed by atoms with Gasteiger partial charge in [-0.1, -0.05) is 13.0 Å². The van der Waals surface area contributed by atoms with Crippen LogP contribution in [0, 0.1) is 0 Å². The van der Waals surface area contributed by atoms with Gasteiger partial charge in [0.15, 0.2) is 0 Å². The number of nitrogens with one attached hydrogen (secondary N) is 1. The Morgan fingerprint density at radius 3 is 2.69 bits per heavy atom. The minimum absolute atomic E-state index is 0.00672. The van der Waals surface area contributed by atoms with Gasteiger partial charge in [-0.25, -0.2) is 5.43 Å². The number of rotatable bonds is 8. The second-order valence-electron chi connectivity index (χ2n) is 6.74. The van der Waals surface area contributed by atoms with Gasteiger partial charge < -0.3 is 9.47 Å². The number of halogens is 3. The molecule has 0 aliphatic rings. The van der Waals surface area contributed by atoms with Crippen molar-refractivity contribution >= 4 is 23.5 Å². The van der Waals surface area contributed by atoms with E-state index < -0.39 is 11.7 Å². The van der Waals surface area contributed by atoms with Gasteiger partial charge in [0.2, 0.25) is 0 Å². The molecular weight excluding hydrogens is 441 g/mol. The summed E-state index contributed by atoms with van der Waals surface area (Å²) in [4.78, 5) is 13.3. The normalized spacial score (nSPS) is 11.5. The number of carbonyl (C=O) groups is 1. The molecule has 0 radical (unpaired) electrons. The van der Waals surface area contributed by atoms with Gasteiger partial charge in [-0.2, -0.15) is 18.3 Å². The van der Waals surface area contributed by atoms with E-state index in [9.17, 15) is 18.0 Å². The van der Waals surface area contributed by atoms with Crippen molar-refractivity contribution in [1.29, 1.82) is 0 Å². The largest absolute Gasteiger partial charge is 0.496 e. The molecule has 3 rings (SSSR count). The number of thiophene rings is 1. The standard InChI is InChI=1S/C23H21F3N2O3S/c1-3-20-10-17(14-32-20)22(29)28-27-12-15-7-8-21(30-2)16(9-15)13-31-19-6-4-5-18(11-19)23(24,25)26/h4-12,14H,3,13H2,1-2H3,(H,28,29). The van der Waals surface area contributed by atoms with Crippen molar-refractivity contribution in [3.05, 3.63) is 81.0 Å². The molecule has 1 amide bonds. The third kappa shape index (κ3) is 6.10. The van der Waals surface area contributed by atoms with Crippen LogP contribution >= 0.6 is 11.3 Å². The van der Waals surface area contributed by atoms with E-state index in [4.69, 9.17) is 9.47 Å². The topological polar surface area (TPSA) is 59.9 Å². The predicted molar refractivity (Wildman–Crippen MR) is 118 cm³/mol. The van der Waals surface area contributed by atoms with Crippen molar-refractivity contribution in [2.45, 2.75) is 26.1 Å². The average molecular weight is 462 g/mol. The quantitative estimate of drug-likeness (QED) is 0.346. The molecule has 1 N–H and O–H groups in total. The van der Waals surface area contributed by atoms with Crippen LogP contribution in [0.5, 0.6) is 11.5 Å². The Bertz CT molecular complexity index is 1110. The third-order valence-corrected chi connectivity index (χ3v) is 5.59. The monoisotopic (exact) mass is 462 g/mol. The summed E-state index contributed by atoms with van der Waals surface area (Å²) in [6.45, 7) is 2.01. The van der Waals surface area contributed by atoms with E-state index >= 15 is 0 Å². The first-order chi connectivity index (χ1) is 15.3. The van der Waals surface area contributed by atoms with Crippen LogP contribution in [0.2, 0.25) is 0 Å². The van der Waals surface area contributed by atoms with Gasteiger partial charge in [-0.15, -0.1) is 11.3 Å². The zero-order valence-corrected chi connectivity index (χ0v) is 18.2. The van der Waals surface area contributed by atoms with Gasteiger partial charge in [0.05, 0.1) is 24.5 Å². The van der Waals surface area contributed by atoms with Crippen molar-refractivity contribution in [1.82, 2.24) is 5.43 Å². The van der Waals surface area contributed by atoms with Crippen molar-refractivity contribution in [3.8, 4) is 11.5 Å². The Balaban J connectivity index is 1.67. The smallest absolute Gasteiger partial charge is 0.416 e. The van der Waals surface area contributed by atoms with Crippen LogP contribution in [-0.4, -0.2) is 19.2 Å². The number of carbonyl (C=O) groups excluding carboxylic acids is 1. The minimum atomic E-state index is -4.45. The number of benzene rings is 2. The summed E-state index contributed by atoms with van der Waals surface area (Å²) in [5.41, 5.74) is 3.52. The van der Waals surface area contributed by atoms with Crippen LogP contribution in [0.15, 0.2) is 59.0 Å². The molecule has 168 valence electrons. The fourth-order valence-electron chi connectivity index (χ4n) is 2.83. The Kier molecular flexibility index (Phi) is 7.53. The number of aryl methyl sites for hydroxylation is 1. The number of methoxy groups -OCH3 is 1. The number of amides is 1. The number of alkyl halides is 3. The summed E-state index contributed by atoms with van der Waals surface area (Å²) in [5, 5.41) is 5.76. The fourth-order valence-corrected chi connectivity index (χ4v) is 3.65. The zero-order chi connectivity index (χ0) is 23.1. The van der Waals surface area contributed by atoms with Crippen LogP contribution in [-0.2, 0) is 19.2 Å². The average Bonchev–Trinajstić information content (AvgIpc) is 3.27. The van der Waals surface area contributed by atoms with Gasteiger partial charge in [-0.3, -0.25) is 4.79 Å². The second kappa shape index (κ2) is 10.3. The Hall–Kier alpha value is -3.33. The summed E-state index contributed by atoms with van der Waals surface area (Å²) in [5.74, 6) is 0.303. The molecule has 0 saturated heterocycles. The highest BCUT2D eigenvalue weighted by atomic mass is 32.1. The van der Waals surface area contributed by atoms with E-state index in [-0.39, 0.29) is 18.3 Å². The molecular formula is C23H21F3N2O3S. The van der Waals surface area contributed by atoms with Gasteiger partial charge in [0.1, 0.15) is 18.1 Å². The Labute approximate surface area is 187 Å². The molecule has 0 saturated carbocycles. The lowest BCUT2D eigenvalue weighted by atomic mass is 10.1. The molecule has 1 heterocycles. The number of hydrogen-bond acceptors (Lipinski definition) is 5. The highest BCUT2D eigenvalue weighted by Gasteiger charge is 2.30. The summed E-state index contributed by atoms with van der Waals surface area (Å²) in [6.07, 6.45) is -2.12. The summed E-state index contributed by atoms with van der Waals surface area (Å²) in [7, 11) is 1.49. The summed E-state index contributed by atoms with van der Waals surface area (Å²) >= 11 is 1.52. The molecule has 0 atom stereocenters. The lowest BCUT2D eigenvalue weighted by Crippen LogP contribution is -2.16.